The summed E-state index contributed by atoms with van der Waals surface area (Å²) < 4.78 is 19.7. The third kappa shape index (κ3) is 3.71. The summed E-state index contributed by atoms with van der Waals surface area (Å²) in [6, 6.07) is 12.3. The lowest BCUT2D eigenvalue weighted by atomic mass is 10.1. The van der Waals surface area contributed by atoms with E-state index in [1.165, 1.54) is 12.1 Å². The Morgan fingerprint density at radius 3 is 2.79 bits per heavy atom. The van der Waals surface area contributed by atoms with Crippen molar-refractivity contribution in [2.75, 3.05) is 0 Å². The van der Waals surface area contributed by atoms with Crippen molar-refractivity contribution >= 4 is 22.6 Å². The Kier molecular flexibility index (Phi) is 4.80. The molecule has 19 heavy (non-hydrogen) atoms. The van der Waals surface area contributed by atoms with Crippen LogP contribution in [0.5, 0.6) is 5.75 Å². The zero-order valence-electron chi connectivity index (χ0n) is 10.4. The molecule has 0 fully saturated rings. The molecular formula is C16H12FIO. The van der Waals surface area contributed by atoms with Gasteiger partial charge in [0.2, 0.25) is 0 Å². The van der Waals surface area contributed by atoms with E-state index in [2.05, 4.69) is 34.4 Å². The standard InChI is InChI=1S/C16H12FIO/c1-2-5-12-6-3-4-7-13(12)11-19-16-10-14(17)8-9-15(16)18/h3-4,6-10H,11H2,1H3. The minimum Gasteiger partial charge on any atom is -0.488 e. The van der Waals surface area contributed by atoms with Gasteiger partial charge in [-0.3, -0.25) is 0 Å². The van der Waals surface area contributed by atoms with Crippen molar-refractivity contribution < 1.29 is 9.13 Å². The van der Waals surface area contributed by atoms with Crippen LogP contribution in [0.25, 0.3) is 0 Å². The summed E-state index contributed by atoms with van der Waals surface area (Å²) in [5, 5.41) is 0. The Morgan fingerprint density at radius 1 is 1.21 bits per heavy atom. The van der Waals surface area contributed by atoms with Gasteiger partial charge >= 0.3 is 0 Å². The number of halogens is 2. The fourth-order valence-corrected chi connectivity index (χ4v) is 2.14. The minimum atomic E-state index is -0.294. The quantitative estimate of drug-likeness (QED) is 0.579. The van der Waals surface area contributed by atoms with Gasteiger partial charge in [-0.1, -0.05) is 24.1 Å². The summed E-state index contributed by atoms with van der Waals surface area (Å²) in [5.74, 6) is 6.17. The lowest BCUT2D eigenvalue weighted by Gasteiger charge is -2.09. The fraction of sp³-hybridized carbons (Fsp3) is 0.125. The van der Waals surface area contributed by atoms with Crippen LogP contribution in [0.4, 0.5) is 4.39 Å². The van der Waals surface area contributed by atoms with Crippen LogP contribution in [0.2, 0.25) is 0 Å². The number of hydrogen-bond donors (Lipinski definition) is 0. The smallest absolute Gasteiger partial charge is 0.136 e. The normalized spacial score (nSPS) is 9.63. The number of rotatable bonds is 3. The highest BCUT2D eigenvalue weighted by Crippen LogP contribution is 2.23. The first kappa shape index (κ1) is 13.9. The van der Waals surface area contributed by atoms with E-state index in [0.717, 1.165) is 14.7 Å². The maximum absolute atomic E-state index is 13.2. The van der Waals surface area contributed by atoms with E-state index in [1.807, 2.05) is 24.3 Å². The molecule has 2 aromatic carbocycles. The molecule has 0 bridgehead atoms. The zero-order chi connectivity index (χ0) is 13.7. The van der Waals surface area contributed by atoms with Gasteiger partial charge in [0, 0.05) is 17.2 Å². The molecule has 0 amide bonds. The second-order valence-electron chi connectivity index (χ2n) is 3.90. The van der Waals surface area contributed by atoms with Gasteiger partial charge in [-0.25, -0.2) is 4.39 Å². The average molecular weight is 366 g/mol. The number of benzene rings is 2. The van der Waals surface area contributed by atoms with Crippen LogP contribution >= 0.6 is 22.6 Å². The van der Waals surface area contributed by atoms with Gasteiger partial charge < -0.3 is 4.74 Å². The highest BCUT2D eigenvalue weighted by atomic mass is 127. The van der Waals surface area contributed by atoms with Gasteiger partial charge in [-0.2, -0.15) is 0 Å². The molecule has 0 saturated heterocycles. The van der Waals surface area contributed by atoms with E-state index in [9.17, 15) is 4.39 Å². The Balaban J connectivity index is 2.18. The first-order valence-corrected chi connectivity index (χ1v) is 6.87. The molecule has 2 aromatic rings. The van der Waals surface area contributed by atoms with Crippen molar-refractivity contribution in [3.05, 3.63) is 63.0 Å². The van der Waals surface area contributed by atoms with Crippen molar-refractivity contribution in [3.63, 3.8) is 0 Å². The fourth-order valence-electron chi connectivity index (χ4n) is 1.65. The molecule has 0 saturated carbocycles. The number of ether oxygens (including phenoxy) is 1. The second-order valence-corrected chi connectivity index (χ2v) is 5.06. The maximum atomic E-state index is 13.2. The second kappa shape index (κ2) is 6.58. The molecule has 3 heteroatoms. The van der Waals surface area contributed by atoms with Crippen LogP contribution in [0.1, 0.15) is 18.1 Å². The minimum absolute atomic E-state index is 0.294. The molecule has 0 atom stereocenters. The summed E-state index contributed by atoms with van der Waals surface area (Å²) >= 11 is 2.13. The monoisotopic (exact) mass is 366 g/mol. The highest BCUT2D eigenvalue weighted by molar-refractivity contribution is 14.1. The molecule has 0 N–H and O–H groups in total. The summed E-state index contributed by atoms with van der Waals surface area (Å²) in [6.07, 6.45) is 0. The first-order valence-electron chi connectivity index (χ1n) is 5.79. The van der Waals surface area contributed by atoms with Crippen LogP contribution in [-0.2, 0) is 6.61 Å². The van der Waals surface area contributed by atoms with Crippen LogP contribution in [0.15, 0.2) is 42.5 Å². The van der Waals surface area contributed by atoms with Gasteiger partial charge in [0.25, 0.3) is 0 Å². The molecule has 0 unspecified atom stereocenters. The molecule has 0 aliphatic carbocycles. The Morgan fingerprint density at radius 2 is 2.00 bits per heavy atom. The van der Waals surface area contributed by atoms with Crippen LogP contribution in [0, 0.1) is 21.2 Å². The van der Waals surface area contributed by atoms with Gasteiger partial charge in [0.05, 0.1) is 3.57 Å². The Bertz CT molecular complexity index is 641. The van der Waals surface area contributed by atoms with Crippen molar-refractivity contribution in [3.8, 4) is 17.6 Å². The first-order chi connectivity index (χ1) is 9.20. The van der Waals surface area contributed by atoms with E-state index in [4.69, 9.17) is 4.74 Å². The molecule has 0 aromatic heterocycles. The SMILES string of the molecule is CC#Cc1ccccc1COc1cc(F)ccc1I. The summed E-state index contributed by atoms with van der Waals surface area (Å²) in [7, 11) is 0. The molecule has 1 nitrogen and oxygen atoms in total. The predicted molar refractivity (Wildman–Crippen MR) is 82.4 cm³/mol. The van der Waals surface area contributed by atoms with Crippen LogP contribution < -0.4 is 4.74 Å². The summed E-state index contributed by atoms with van der Waals surface area (Å²) in [5.41, 5.74) is 1.94. The largest absolute Gasteiger partial charge is 0.488 e. The Hall–Kier alpha value is -1.54. The van der Waals surface area contributed by atoms with Gasteiger partial charge in [-0.15, -0.1) is 5.92 Å². The predicted octanol–water partition coefficient (Wildman–Crippen LogP) is 4.38. The van der Waals surface area contributed by atoms with Crippen molar-refractivity contribution in [1.29, 1.82) is 0 Å². The molecule has 0 aliphatic rings. The molecule has 0 spiro atoms. The molecular weight excluding hydrogens is 354 g/mol. The molecule has 96 valence electrons. The summed E-state index contributed by atoms with van der Waals surface area (Å²) in [4.78, 5) is 0. The van der Waals surface area contributed by atoms with Crippen molar-refractivity contribution in [1.82, 2.24) is 0 Å². The topological polar surface area (TPSA) is 9.23 Å². The van der Waals surface area contributed by atoms with Gasteiger partial charge in [0.1, 0.15) is 18.2 Å². The lowest BCUT2D eigenvalue weighted by Crippen LogP contribution is -1.99. The van der Waals surface area contributed by atoms with Crippen LogP contribution in [-0.4, -0.2) is 0 Å². The van der Waals surface area contributed by atoms with E-state index in [-0.39, 0.29) is 5.82 Å². The maximum Gasteiger partial charge on any atom is 0.136 e. The van der Waals surface area contributed by atoms with Gasteiger partial charge in [-0.05, 0) is 47.7 Å². The summed E-state index contributed by atoms with van der Waals surface area (Å²) in [6.45, 7) is 2.18. The van der Waals surface area contributed by atoms with Crippen molar-refractivity contribution in [2.45, 2.75) is 13.5 Å². The van der Waals surface area contributed by atoms with Crippen molar-refractivity contribution in [2.24, 2.45) is 0 Å². The van der Waals surface area contributed by atoms with E-state index < -0.39 is 0 Å². The molecule has 2 rings (SSSR count). The zero-order valence-corrected chi connectivity index (χ0v) is 12.6. The van der Waals surface area contributed by atoms with Gasteiger partial charge in [0.15, 0.2) is 0 Å². The van der Waals surface area contributed by atoms with Crippen LogP contribution in [0.3, 0.4) is 0 Å². The third-order valence-corrected chi connectivity index (χ3v) is 3.44. The lowest BCUT2D eigenvalue weighted by molar-refractivity contribution is 0.302. The molecule has 0 heterocycles. The van der Waals surface area contributed by atoms with E-state index in [0.29, 0.717) is 12.4 Å². The highest BCUT2D eigenvalue weighted by Gasteiger charge is 2.05. The third-order valence-electron chi connectivity index (χ3n) is 2.55. The Labute approximate surface area is 125 Å². The van der Waals surface area contributed by atoms with E-state index >= 15 is 0 Å². The van der Waals surface area contributed by atoms with E-state index in [1.54, 1.807) is 13.0 Å². The molecule has 0 radical (unpaired) electrons. The number of hydrogen-bond acceptors (Lipinski definition) is 1. The molecule has 0 aliphatic heterocycles. The average Bonchev–Trinajstić information content (AvgIpc) is 2.42.